The highest BCUT2D eigenvalue weighted by molar-refractivity contribution is 7.93. The number of aromatic nitrogens is 2. The molecule has 0 amide bonds. The van der Waals surface area contributed by atoms with E-state index in [-0.39, 0.29) is 6.10 Å². The molecule has 6 nitrogen and oxygen atoms in total. The predicted molar refractivity (Wildman–Crippen MR) is 83.0 cm³/mol. The Morgan fingerprint density at radius 2 is 2.09 bits per heavy atom. The van der Waals surface area contributed by atoms with Crippen molar-refractivity contribution in [3.05, 3.63) is 42.1 Å². The number of likely N-dealkylation sites (N-methyl/N-ethyl adjacent to an activating group) is 1. The lowest BCUT2D eigenvalue weighted by molar-refractivity contribution is 0.0321. The molecule has 0 N–H and O–H groups in total. The van der Waals surface area contributed by atoms with Gasteiger partial charge in [0.25, 0.3) is 0 Å². The Morgan fingerprint density at radius 1 is 1.27 bits per heavy atom. The number of hydrogen-bond acceptors (Lipinski definition) is 6. The molecule has 2 aliphatic heterocycles. The molecule has 0 radical (unpaired) electrons. The average Bonchev–Trinajstić information content (AvgIpc) is 2.84. The molecule has 4 rings (SSSR count). The number of rotatable bonds is 3. The second-order valence-corrected chi connectivity index (χ2v) is 6.93. The minimum atomic E-state index is -1.22. The monoisotopic (exact) mass is 316 g/mol. The van der Waals surface area contributed by atoms with Crippen molar-refractivity contribution >= 4 is 17.2 Å². The molecular weight excluding hydrogens is 300 g/mol. The minimum Gasteiger partial charge on any atom is -0.588 e. The van der Waals surface area contributed by atoms with Gasteiger partial charge in [-0.05, 0) is 13.1 Å². The number of fused-ring (bicyclic) bond motifs is 1. The number of ether oxygens (including phenoxy) is 1. The highest BCUT2D eigenvalue weighted by atomic mass is 32.2. The predicted octanol–water partition coefficient (Wildman–Crippen LogP) is 1.21. The van der Waals surface area contributed by atoms with Crippen LogP contribution in [0.2, 0.25) is 0 Å². The minimum absolute atomic E-state index is 0.140. The summed E-state index contributed by atoms with van der Waals surface area (Å²) in [6, 6.07) is 9.88. The van der Waals surface area contributed by atoms with E-state index in [1.807, 2.05) is 31.3 Å². The lowest BCUT2D eigenvalue weighted by atomic mass is 10.2. The van der Waals surface area contributed by atoms with Crippen LogP contribution < -0.4 is 9.04 Å². The fourth-order valence-electron chi connectivity index (χ4n) is 2.70. The van der Waals surface area contributed by atoms with E-state index in [4.69, 9.17) is 4.74 Å². The van der Waals surface area contributed by atoms with Crippen LogP contribution in [0.4, 0.5) is 5.82 Å². The highest BCUT2D eigenvalue weighted by Crippen LogP contribution is 2.33. The van der Waals surface area contributed by atoms with Crippen molar-refractivity contribution in [3.8, 4) is 6.01 Å². The first-order valence-corrected chi connectivity index (χ1v) is 8.27. The van der Waals surface area contributed by atoms with Crippen LogP contribution in [0.15, 0.2) is 41.4 Å². The van der Waals surface area contributed by atoms with Crippen LogP contribution in [0.1, 0.15) is 5.56 Å². The first-order valence-electron chi connectivity index (χ1n) is 7.16. The summed E-state index contributed by atoms with van der Waals surface area (Å²) in [7, 11) is 2.04. The number of likely N-dealkylation sites (tertiary alicyclic amines) is 1. The molecule has 0 bridgehead atoms. The molecule has 2 aliphatic rings. The zero-order valence-electron chi connectivity index (χ0n) is 12.2. The maximum absolute atomic E-state index is 12.6. The molecule has 1 saturated heterocycles. The highest BCUT2D eigenvalue weighted by Gasteiger charge is 2.35. The molecule has 3 heterocycles. The lowest BCUT2D eigenvalue weighted by Gasteiger charge is -2.35. The Kier molecular flexibility index (Phi) is 3.40. The quantitative estimate of drug-likeness (QED) is 0.793. The lowest BCUT2D eigenvalue weighted by Crippen LogP contribution is -2.51. The van der Waals surface area contributed by atoms with Gasteiger partial charge in [0.1, 0.15) is 17.5 Å². The van der Waals surface area contributed by atoms with E-state index >= 15 is 0 Å². The smallest absolute Gasteiger partial charge is 0.318 e. The van der Waals surface area contributed by atoms with E-state index in [1.165, 1.54) is 0 Å². The van der Waals surface area contributed by atoms with E-state index in [0.29, 0.717) is 18.4 Å². The van der Waals surface area contributed by atoms with Gasteiger partial charge in [0.05, 0.1) is 6.54 Å². The van der Waals surface area contributed by atoms with Crippen LogP contribution in [0.5, 0.6) is 6.01 Å². The van der Waals surface area contributed by atoms with Crippen molar-refractivity contribution in [2.75, 3.05) is 24.4 Å². The van der Waals surface area contributed by atoms with Gasteiger partial charge < -0.3 is 9.29 Å². The normalized spacial score (nSPS) is 21.5. The van der Waals surface area contributed by atoms with Gasteiger partial charge in [-0.3, -0.25) is 4.90 Å². The van der Waals surface area contributed by atoms with E-state index in [0.717, 1.165) is 23.5 Å². The zero-order chi connectivity index (χ0) is 15.1. The third-order valence-electron chi connectivity index (χ3n) is 3.85. The SMILES string of the molecule is CN1CC(Oc2nccc(N3Cc4ccccc4[S+]3[O-])n2)C1. The van der Waals surface area contributed by atoms with Crippen molar-refractivity contribution < 1.29 is 9.29 Å². The number of benzene rings is 1. The fourth-order valence-corrected chi connectivity index (χ4v) is 4.01. The van der Waals surface area contributed by atoms with E-state index in [1.54, 1.807) is 16.6 Å². The molecule has 1 atom stereocenters. The maximum atomic E-state index is 12.6. The summed E-state index contributed by atoms with van der Waals surface area (Å²) < 4.78 is 20.1. The van der Waals surface area contributed by atoms with Crippen LogP contribution in [-0.2, 0) is 17.9 Å². The van der Waals surface area contributed by atoms with Gasteiger partial charge in [-0.2, -0.15) is 9.29 Å². The Balaban J connectivity index is 1.54. The van der Waals surface area contributed by atoms with Crippen LogP contribution in [0, 0.1) is 0 Å². The third-order valence-corrected chi connectivity index (χ3v) is 5.34. The van der Waals surface area contributed by atoms with Crippen LogP contribution in [0.3, 0.4) is 0 Å². The first-order chi connectivity index (χ1) is 10.7. The zero-order valence-corrected chi connectivity index (χ0v) is 13.0. The number of nitrogens with zero attached hydrogens (tertiary/aromatic N) is 4. The Bertz CT molecular complexity index is 693. The van der Waals surface area contributed by atoms with Crippen LogP contribution >= 0.6 is 0 Å². The van der Waals surface area contributed by atoms with Crippen LogP contribution in [-0.4, -0.2) is 45.7 Å². The first kappa shape index (κ1) is 13.8. The molecule has 1 unspecified atom stereocenters. The van der Waals surface area contributed by atoms with Gasteiger partial charge in [0.15, 0.2) is 10.7 Å². The van der Waals surface area contributed by atoms with Gasteiger partial charge in [-0.1, -0.05) is 18.2 Å². The molecular formula is C15H16N4O2S. The van der Waals surface area contributed by atoms with E-state index in [9.17, 15) is 4.55 Å². The maximum Gasteiger partial charge on any atom is 0.318 e. The van der Waals surface area contributed by atoms with Gasteiger partial charge in [0.2, 0.25) is 0 Å². The van der Waals surface area contributed by atoms with E-state index in [2.05, 4.69) is 14.9 Å². The summed E-state index contributed by atoms with van der Waals surface area (Å²) in [6.07, 6.45) is 1.79. The molecule has 7 heteroatoms. The summed E-state index contributed by atoms with van der Waals surface area (Å²) in [4.78, 5) is 11.6. The number of hydrogen-bond donors (Lipinski definition) is 0. The summed E-state index contributed by atoms with van der Waals surface area (Å²) in [5.41, 5.74) is 1.07. The van der Waals surface area contributed by atoms with Crippen LogP contribution in [0.25, 0.3) is 0 Å². The summed E-state index contributed by atoms with van der Waals surface area (Å²) in [5.74, 6) is 0.632. The third kappa shape index (κ3) is 2.41. The van der Waals surface area contributed by atoms with E-state index < -0.39 is 11.4 Å². The fraction of sp³-hybridized carbons (Fsp3) is 0.333. The second kappa shape index (κ2) is 5.42. The topological polar surface area (TPSA) is 64.5 Å². The largest absolute Gasteiger partial charge is 0.588 e. The Labute approximate surface area is 132 Å². The van der Waals surface area contributed by atoms with Crippen molar-refractivity contribution in [1.29, 1.82) is 0 Å². The molecule has 2 aromatic rings. The number of anilines is 1. The van der Waals surface area contributed by atoms with Gasteiger partial charge >= 0.3 is 6.01 Å². The summed E-state index contributed by atoms with van der Waals surface area (Å²) in [5, 5.41) is 0. The molecule has 0 aliphatic carbocycles. The molecule has 114 valence electrons. The molecule has 1 aromatic carbocycles. The summed E-state index contributed by atoms with van der Waals surface area (Å²) >= 11 is -1.22. The molecule has 0 saturated carbocycles. The van der Waals surface area contributed by atoms with Gasteiger partial charge in [-0.25, -0.2) is 4.98 Å². The Morgan fingerprint density at radius 3 is 2.86 bits per heavy atom. The molecule has 1 fully saturated rings. The van der Waals surface area contributed by atoms with Crippen molar-refractivity contribution in [3.63, 3.8) is 0 Å². The van der Waals surface area contributed by atoms with Crippen molar-refractivity contribution in [2.45, 2.75) is 17.5 Å². The molecule has 0 spiro atoms. The Hall–Kier alpha value is -1.83. The van der Waals surface area contributed by atoms with Crippen molar-refractivity contribution in [2.24, 2.45) is 0 Å². The second-order valence-electron chi connectivity index (χ2n) is 5.55. The average molecular weight is 316 g/mol. The van der Waals surface area contributed by atoms with Gasteiger partial charge in [0, 0.05) is 30.9 Å². The summed E-state index contributed by atoms with van der Waals surface area (Å²) in [6.45, 7) is 2.36. The van der Waals surface area contributed by atoms with Gasteiger partial charge in [-0.15, -0.1) is 0 Å². The van der Waals surface area contributed by atoms with Crippen molar-refractivity contribution in [1.82, 2.24) is 14.9 Å². The molecule has 22 heavy (non-hydrogen) atoms. The standard InChI is InChI=1S/C15H16N4O2S/c1-18-9-12(10-18)21-15-16-7-6-14(17-15)19-8-11-4-2-3-5-13(11)22(19)20/h2-7,12H,8-10H2,1H3. The molecule has 1 aromatic heterocycles.